The van der Waals surface area contributed by atoms with Crippen molar-refractivity contribution in [2.45, 2.75) is 13.0 Å². The first-order valence-electron chi connectivity index (χ1n) is 6.02. The third-order valence-corrected chi connectivity index (χ3v) is 3.51. The lowest BCUT2D eigenvalue weighted by molar-refractivity contribution is -0.131. The molecule has 0 saturated carbocycles. The Morgan fingerprint density at radius 2 is 1.95 bits per heavy atom. The van der Waals surface area contributed by atoms with Crippen molar-refractivity contribution in [3.05, 3.63) is 41.0 Å². The number of amides is 1. The van der Waals surface area contributed by atoms with E-state index in [9.17, 15) is 4.79 Å². The fraction of sp³-hybridized carbons (Fsp3) is 0.286. The molecule has 1 heterocycles. The Bertz CT molecular complexity index is 578. The van der Waals surface area contributed by atoms with E-state index in [1.54, 1.807) is 23.7 Å². The molecule has 0 radical (unpaired) electrons. The summed E-state index contributed by atoms with van der Waals surface area (Å²) in [5, 5.41) is 4.51. The maximum Gasteiger partial charge on any atom is 0.246 e. The minimum absolute atomic E-state index is 0.0228. The number of rotatable bonds is 3. The lowest BCUT2D eigenvalue weighted by Crippen LogP contribution is -2.30. The monoisotopic (exact) mass is 321 g/mol. The molecule has 1 aromatic carbocycles. The fourth-order valence-corrected chi connectivity index (χ4v) is 2.36. The zero-order chi connectivity index (χ0) is 14.0. The molecule has 2 aromatic rings. The van der Waals surface area contributed by atoms with Gasteiger partial charge >= 0.3 is 0 Å². The normalized spacial score (nSPS) is 12.2. The van der Waals surface area contributed by atoms with Crippen LogP contribution in [0.2, 0.25) is 0 Å². The second kappa shape index (κ2) is 5.57. The van der Waals surface area contributed by atoms with Crippen LogP contribution in [0.25, 0.3) is 11.3 Å². The summed E-state index contributed by atoms with van der Waals surface area (Å²) in [6.07, 6.45) is 1.84. The van der Waals surface area contributed by atoms with Crippen LogP contribution in [0.15, 0.2) is 41.0 Å². The molecule has 0 aliphatic heterocycles. The van der Waals surface area contributed by atoms with Gasteiger partial charge in [0.25, 0.3) is 0 Å². The van der Waals surface area contributed by atoms with E-state index in [1.165, 1.54) is 0 Å². The Balaban J connectivity index is 2.34. The molecule has 0 aliphatic rings. The number of nitrogens with zero attached hydrogens (tertiary/aromatic N) is 3. The molecule has 19 heavy (non-hydrogen) atoms. The van der Waals surface area contributed by atoms with Crippen molar-refractivity contribution in [2.24, 2.45) is 0 Å². The smallest absolute Gasteiger partial charge is 0.246 e. The first-order chi connectivity index (χ1) is 9.00. The van der Waals surface area contributed by atoms with Crippen molar-refractivity contribution in [1.29, 1.82) is 0 Å². The van der Waals surface area contributed by atoms with Crippen LogP contribution in [-0.2, 0) is 4.79 Å². The summed E-state index contributed by atoms with van der Waals surface area (Å²) >= 11 is 3.50. The van der Waals surface area contributed by atoms with Crippen LogP contribution >= 0.6 is 15.9 Å². The quantitative estimate of drug-likeness (QED) is 0.871. The van der Waals surface area contributed by atoms with Crippen molar-refractivity contribution in [3.8, 4) is 11.3 Å². The highest BCUT2D eigenvalue weighted by Gasteiger charge is 2.19. The van der Waals surface area contributed by atoms with Crippen LogP contribution in [0, 0.1) is 0 Å². The molecule has 1 unspecified atom stereocenters. The van der Waals surface area contributed by atoms with Crippen LogP contribution in [0.4, 0.5) is 0 Å². The van der Waals surface area contributed by atoms with Gasteiger partial charge in [0, 0.05) is 25.9 Å². The van der Waals surface area contributed by atoms with Crippen molar-refractivity contribution in [3.63, 3.8) is 0 Å². The van der Waals surface area contributed by atoms with Crippen molar-refractivity contribution in [1.82, 2.24) is 14.7 Å². The second-order valence-corrected chi connectivity index (χ2v) is 5.43. The van der Waals surface area contributed by atoms with E-state index in [2.05, 4.69) is 21.0 Å². The number of aromatic nitrogens is 2. The van der Waals surface area contributed by atoms with E-state index in [-0.39, 0.29) is 11.9 Å². The van der Waals surface area contributed by atoms with E-state index < -0.39 is 0 Å². The number of carbonyl (C=O) groups is 1. The Hall–Kier alpha value is -1.62. The van der Waals surface area contributed by atoms with Gasteiger partial charge in [-0.25, -0.2) is 0 Å². The molecule has 5 heteroatoms. The lowest BCUT2D eigenvalue weighted by Gasteiger charge is -2.16. The first-order valence-corrected chi connectivity index (χ1v) is 6.81. The largest absolute Gasteiger partial charge is 0.347 e. The van der Waals surface area contributed by atoms with Gasteiger partial charge in [0.15, 0.2) is 0 Å². The van der Waals surface area contributed by atoms with Gasteiger partial charge in [0.2, 0.25) is 5.91 Å². The summed E-state index contributed by atoms with van der Waals surface area (Å²) in [7, 11) is 3.49. The van der Waals surface area contributed by atoms with Crippen LogP contribution in [0.1, 0.15) is 13.0 Å². The molecule has 0 N–H and O–H groups in total. The molecule has 1 amide bonds. The molecule has 0 spiro atoms. The summed E-state index contributed by atoms with van der Waals surface area (Å²) in [6, 6.07) is 9.58. The SMILES string of the molecule is CC(C(=O)N(C)C)n1cc(Br)c(-c2ccccc2)n1. The molecule has 0 fully saturated rings. The molecule has 1 aromatic heterocycles. The first kappa shape index (κ1) is 13.8. The summed E-state index contributed by atoms with van der Waals surface area (Å²) in [4.78, 5) is 13.5. The van der Waals surface area contributed by atoms with Gasteiger partial charge in [-0.1, -0.05) is 30.3 Å². The third kappa shape index (κ3) is 2.87. The number of halogens is 1. The highest BCUT2D eigenvalue weighted by molar-refractivity contribution is 9.10. The predicted octanol–water partition coefficient (Wildman–Crippen LogP) is 2.96. The van der Waals surface area contributed by atoms with Crippen LogP contribution in [0.3, 0.4) is 0 Å². The molecule has 0 bridgehead atoms. The van der Waals surface area contributed by atoms with Gasteiger partial charge in [-0.3, -0.25) is 9.48 Å². The molecule has 2 rings (SSSR count). The summed E-state index contributed by atoms with van der Waals surface area (Å²) in [6.45, 7) is 1.84. The van der Waals surface area contributed by atoms with E-state index in [0.29, 0.717) is 0 Å². The van der Waals surface area contributed by atoms with Gasteiger partial charge < -0.3 is 4.90 Å². The number of hydrogen-bond acceptors (Lipinski definition) is 2. The molecule has 1 atom stereocenters. The van der Waals surface area contributed by atoms with Gasteiger partial charge in [-0.15, -0.1) is 0 Å². The fourth-order valence-electron chi connectivity index (χ4n) is 1.85. The van der Waals surface area contributed by atoms with Crippen LogP contribution in [-0.4, -0.2) is 34.7 Å². The Morgan fingerprint density at radius 3 is 2.53 bits per heavy atom. The molecular weight excluding hydrogens is 306 g/mol. The number of benzene rings is 1. The highest BCUT2D eigenvalue weighted by Crippen LogP contribution is 2.27. The standard InChI is InChI=1S/C14H16BrN3O/c1-10(14(19)17(2)3)18-9-12(15)13(16-18)11-7-5-4-6-8-11/h4-10H,1-3H3. The highest BCUT2D eigenvalue weighted by atomic mass is 79.9. The van der Waals surface area contributed by atoms with Gasteiger partial charge in [0.05, 0.1) is 4.47 Å². The van der Waals surface area contributed by atoms with Crippen molar-refractivity contribution < 1.29 is 4.79 Å². The minimum atomic E-state index is -0.316. The summed E-state index contributed by atoms with van der Waals surface area (Å²) in [5.74, 6) is 0.0228. The Kier molecular flexibility index (Phi) is 4.04. The van der Waals surface area contributed by atoms with Gasteiger partial charge in [-0.05, 0) is 22.9 Å². The molecule has 0 aliphatic carbocycles. The average molecular weight is 322 g/mol. The minimum Gasteiger partial charge on any atom is -0.347 e. The Morgan fingerprint density at radius 1 is 1.32 bits per heavy atom. The predicted molar refractivity (Wildman–Crippen MR) is 78.8 cm³/mol. The van der Waals surface area contributed by atoms with E-state index in [1.807, 2.05) is 43.5 Å². The number of hydrogen-bond donors (Lipinski definition) is 0. The van der Waals surface area contributed by atoms with Gasteiger partial charge in [-0.2, -0.15) is 5.10 Å². The summed E-state index contributed by atoms with van der Waals surface area (Å²) < 4.78 is 2.58. The molecular formula is C14H16BrN3O. The molecule has 100 valence electrons. The zero-order valence-electron chi connectivity index (χ0n) is 11.2. The second-order valence-electron chi connectivity index (χ2n) is 4.58. The van der Waals surface area contributed by atoms with Crippen molar-refractivity contribution in [2.75, 3.05) is 14.1 Å². The zero-order valence-corrected chi connectivity index (χ0v) is 12.8. The van der Waals surface area contributed by atoms with Crippen LogP contribution in [0.5, 0.6) is 0 Å². The maximum atomic E-state index is 12.0. The Labute approximate surface area is 121 Å². The van der Waals surface area contributed by atoms with Crippen LogP contribution < -0.4 is 0 Å². The third-order valence-electron chi connectivity index (χ3n) is 2.93. The number of carbonyl (C=O) groups excluding carboxylic acids is 1. The topological polar surface area (TPSA) is 38.1 Å². The van der Waals surface area contributed by atoms with E-state index >= 15 is 0 Å². The maximum absolute atomic E-state index is 12.0. The molecule has 0 saturated heterocycles. The molecule has 4 nitrogen and oxygen atoms in total. The van der Waals surface area contributed by atoms with E-state index in [0.717, 1.165) is 15.7 Å². The van der Waals surface area contributed by atoms with Gasteiger partial charge in [0.1, 0.15) is 11.7 Å². The average Bonchev–Trinajstić information content (AvgIpc) is 2.80. The number of likely N-dealkylation sites (N-methyl/N-ethyl adjacent to an activating group) is 1. The van der Waals surface area contributed by atoms with Crippen molar-refractivity contribution >= 4 is 21.8 Å². The summed E-state index contributed by atoms with van der Waals surface area (Å²) in [5.41, 5.74) is 1.87. The van der Waals surface area contributed by atoms with E-state index in [4.69, 9.17) is 0 Å². The lowest BCUT2D eigenvalue weighted by atomic mass is 10.2.